The SMILES string of the molecule is CCOc1ccc(C(=O)NNC(=O)/C=C/c2ccccc2)cc1OC. The summed E-state index contributed by atoms with van der Waals surface area (Å²) in [6.07, 6.45) is 3.00. The number of carbonyl (C=O) groups is 2. The van der Waals surface area contributed by atoms with E-state index < -0.39 is 11.8 Å². The van der Waals surface area contributed by atoms with E-state index in [1.807, 2.05) is 37.3 Å². The minimum absolute atomic E-state index is 0.340. The fraction of sp³-hybridized carbons (Fsp3) is 0.158. The van der Waals surface area contributed by atoms with E-state index in [1.165, 1.54) is 13.2 Å². The lowest BCUT2D eigenvalue weighted by atomic mass is 10.2. The number of hydrogen-bond donors (Lipinski definition) is 2. The van der Waals surface area contributed by atoms with E-state index in [0.29, 0.717) is 23.7 Å². The minimum atomic E-state index is -0.456. The average Bonchev–Trinajstić information content (AvgIpc) is 2.65. The van der Waals surface area contributed by atoms with Crippen molar-refractivity contribution in [3.63, 3.8) is 0 Å². The third-order valence-electron chi connectivity index (χ3n) is 3.25. The first kappa shape index (κ1) is 18.1. The van der Waals surface area contributed by atoms with E-state index >= 15 is 0 Å². The fourth-order valence-electron chi connectivity index (χ4n) is 2.05. The van der Waals surface area contributed by atoms with Crippen molar-refractivity contribution in [1.82, 2.24) is 10.9 Å². The van der Waals surface area contributed by atoms with Gasteiger partial charge in [-0.1, -0.05) is 30.3 Å². The lowest BCUT2D eigenvalue weighted by Gasteiger charge is -2.11. The number of methoxy groups -OCH3 is 1. The van der Waals surface area contributed by atoms with Crippen LogP contribution in [-0.2, 0) is 4.79 Å². The molecule has 0 saturated carbocycles. The molecule has 0 aliphatic carbocycles. The Morgan fingerprint density at radius 1 is 1.04 bits per heavy atom. The summed E-state index contributed by atoms with van der Waals surface area (Å²) in [6.45, 7) is 2.35. The molecule has 2 N–H and O–H groups in total. The van der Waals surface area contributed by atoms with Crippen molar-refractivity contribution in [1.29, 1.82) is 0 Å². The van der Waals surface area contributed by atoms with Crippen LogP contribution >= 0.6 is 0 Å². The highest BCUT2D eigenvalue weighted by Crippen LogP contribution is 2.27. The Kier molecular flexibility index (Phi) is 6.59. The summed E-state index contributed by atoms with van der Waals surface area (Å²) in [7, 11) is 1.50. The van der Waals surface area contributed by atoms with Gasteiger partial charge < -0.3 is 9.47 Å². The van der Waals surface area contributed by atoms with E-state index in [1.54, 1.807) is 24.3 Å². The monoisotopic (exact) mass is 340 g/mol. The van der Waals surface area contributed by atoms with Crippen LogP contribution in [0.5, 0.6) is 11.5 Å². The normalized spacial score (nSPS) is 10.3. The van der Waals surface area contributed by atoms with E-state index in [-0.39, 0.29) is 0 Å². The summed E-state index contributed by atoms with van der Waals surface area (Å²) < 4.78 is 10.6. The predicted molar refractivity (Wildman–Crippen MR) is 95.2 cm³/mol. The van der Waals surface area contributed by atoms with E-state index in [2.05, 4.69) is 10.9 Å². The quantitative estimate of drug-likeness (QED) is 0.626. The summed E-state index contributed by atoms with van der Waals surface area (Å²) in [5.41, 5.74) is 5.91. The molecule has 0 heterocycles. The summed E-state index contributed by atoms with van der Waals surface area (Å²) in [5, 5.41) is 0. The van der Waals surface area contributed by atoms with Gasteiger partial charge in [0.15, 0.2) is 11.5 Å². The van der Waals surface area contributed by atoms with Crippen LogP contribution in [0.15, 0.2) is 54.6 Å². The molecule has 0 bridgehead atoms. The van der Waals surface area contributed by atoms with Gasteiger partial charge in [0.2, 0.25) is 0 Å². The Bertz CT molecular complexity index is 757. The number of hydrogen-bond acceptors (Lipinski definition) is 4. The minimum Gasteiger partial charge on any atom is -0.493 e. The number of amides is 2. The van der Waals surface area contributed by atoms with E-state index in [9.17, 15) is 9.59 Å². The first-order valence-electron chi connectivity index (χ1n) is 7.78. The third kappa shape index (κ3) is 5.39. The number of nitrogens with one attached hydrogen (secondary N) is 2. The smallest absolute Gasteiger partial charge is 0.269 e. The molecular weight excluding hydrogens is 320 g/mol. The molecule has 0 aliphatic heterocycles. The lowest BCUT2D eigenvalue weighted by Crippen LogP contribution is -2.40. The van der Waals surface area contributed by atoms with Gasteiger partial charge in [-0.05, 0) is 36.8 Å². The molecule has 0 aliphatic rings. The third-order valence-corrected chi connectivity index (χ3v) is 3.25. The lowest BCUT2D eigenvalue weighted by molar-refractivity contribution is -0.117. The Morgan fingerprint density at radius 2 is 1.80 bits per heavy atom. The summed E-state index contributed by atoms with van der Waals surface area (Å²) >= 11 is 0. The van der Waals surface area contributed by atoms with Crippen molar-refractivity contribution in [2.75, 3.05) is 13.7 Å². The Labute approximate surface area is 146 Å². The molecule has 0 unspecified atom stereocenters. The standard InChI is InChI=1S/C19H20N2O4/c1-3-25-16-11-10-15(13-17(16)24-2)19(23)21-20-18(22)12-9-14-7-5-4-6-8-14/h4-13H,3H2,1-2H3,(H,20,22)(H,21,23)/b12-9+. The molecule has 2 aromatic carbocycles. The van der Waals surface area contributed by atoms with Gasteiger partial charge in [0.25, 0.3) is 11.8 Å². The molecule has 2 rings (SSSR count). The second-order valence-electron chi connectivity index (χ2n) is 4.99. The van der Waals surface area contributed by atoms with Crippen molar-refractivity contribution in [3.8, 4) is 11.5 Å². The van der Waals surface area contributed by atoms with E-state index in [4.69, 9.17) is 9.47 Å². The predicted octanol–water partition coefficient (Wildman–Crippen LogP) is 2.57. The van der Waals surface area contributed by atoms with Crippen molar-refractivity contribution in [2.24, 2.45) is 0 Å². The van der Waals surface area contributed by atoms with Gasteiger partial charge in [-0.2, -0.15) is 0 Å². The zero-order valence-electron chi connectivity index (χ0n) is 14.1. The van der Waals surface area contributed by atoms with Crippen LogP contribution in [0.3, 0.4) is 0 Å². The van der Waals surface area contributed by atoms with Gasteiger partial charge >= 0.3 is 0 Å². The van der Waals surface area contributed by atoms with Crippen LogP contribution in [0, 0.1) is 0 Å². The van der Waals surface area contributed by atoms with Gasteiger partial charge in [-0.3, -0.25) is 20.4 Å². The highest BCUT2D eigenvalue weighted by Gasteiger charge is 2.11. The van der Waals surface area contributed by atoms with Crippen molar-refractivity contribution < 1.29 is 19.1 Å². The first-order chi connectivity index (χ1) is 12.1. The van der Waals surface area contributed by atoms with Gasteiger partial charge in [-0.15, -0.1) is 0 Å². The molecule has 0 saturated heterocycles. The average molecular weight is 340 g/mol. The van der Waals surface area contributed by atoms with Gasteiger partial charge in [0.1, 0.15) is 0 Å². The zero-order chi connectivity index (χ0) is 18.1. The molecule has 0 fully saturated rings. The summed E-state index contributed by atoms with van der Waals surface area (Å²) in [5.74, 6) is 0.110. The Balaban J connectivity index is 1.93. The molecule has 6 nitrogen and oxygen atoms in total. The van der Waals surface area contributed by atoms with E-state index in [0.717, 1.165) is 5.56 Å². The molecule has 2 aromatic rings. The Hall–Kier alpha value is -3.28. The summed E-state index contributed by atoms with van der Waals surface area (Å²) in [4.78, 5) is 23.9. The maximum Gasteiger partial charge on any atom is 0.269 e. The van der Waals surface area contributed by atoms with Crippen LogP contribution < -0.4 is 20.3 Å². The number of ether oxygens (including phenoxy) is 2. The zero-order valence-corrected chi connectivity index (χ0v) is 14.1. The number of benzene rings is 2. The van der Waals surface area contributed by atoms with Crippen LogP contribution in [0.4, 0.5) is 0 Å². The molecule has 0 radical (unpaired) electrons. The topological polar surface area (TPSA) is 76.7 Å². The molecule has 0 atom stereocenters. The maximum absolute atomic E-state index is 12.1. The van der Waals surface area contributed by atoms with Crippen LogP contribution in [0.25, 0.3) is 6.08 Å². The van der Waals surface area contributed by atoms with Crippen LogP contribution in [-0.4, -0.2) is 25.5 Å². The van der Waals surface area contributed by atoms with Gasteiger partial charge in [0.05, 0.1) is 13.7 Å². The largest absolute Gasteiger partial charge is 0.493 e. The molecule has 25 heavy (non-hydrogen) atoms. The molecule has 0 aromatic heterocycles. The first-order valence-corrected chi connectivity index (χ1v) is 7.78. The van der Waals surface area contributed by atoms with Crippen LogP contribution in [0.1, 0.15) is 22.8 Å². The van der Waals surface area contributed by atoms with Crippen LogP contribution in [0.2, 0.25) is 0 Å². The van der Waals surface area contributed by atoms with Gasteiger partial charge in [0, 0.05) is 11.6 Å². The van der Waals surface area contributed by atoms with Gasteiger partial charge in [-0.25, -0.2) is 0 Å². The number of hydrazine groups is 1. The van der Waals surface area contributed by atoms with Crippen molar-refractivity contribution in [2.45, 2.75) is 6.92 Å². The molecule has 130 valence electrons. The Morgan fingerprint density at radius 3 is 2.48 bits per heavy atom. The maximum atomic E-state index is 12.1. The molecule has 6 heteroatoms. The number of carbonyl (C=O) groups excluding carboxylic acids is 2. The van der Waals surface area contributed by atoms with Crippen molar-refractivity contribution in [3.05, 3.63) is 65.7 Å². The highest BCUT2D eigenvalue weighted by molar-refractivity contribution is 5.98. The molecule has 0 spiro atoms. The fourth-order valence-corrected chi connectivity index (χ4v) is 2.05. The molecular formula is C19H20N2O4. The van der Waals surface area contributed by atoms with Crippen molar-refractivity contribution >= 4 is 17.9 Å². The molecule has 2 amide bonds. The summed E-state index contributed by atoms with van der Waals surface area (Å²) in [6, 6.07) is 14.2. The highest BCUT2D eigenvalue weighted by atomic mass is 16.5. The second kappa shape index (κ2) is 9.12. The second-order valence-corrected chi connectivity index (χ2v) is 4.99. The number of rotatable bonds is 6.